The third kappa shape index (κ3) is 7.08. The fourth-order valence-electron chi connectivity index (χ4n) is 2.97. The number of halogens is 3. The Bertz CT molecular complexity index is 1090. The van der Waals surface area contributed by atoms with Gasteiger partial charge in [0, 0.05) is 11.3 Å². The lowest BCUT2D eigenvalue weighted by Crippen LogP contribution is -2.33. The van der Waals surface area contributed by atoms with Crippen molar-refractivity contribution in [1.82, 2.24) is 5.32 Å². The topological polar surface area (TPSA) is 63.5 Å². The minimum atomic E-state index is -4.47. The fourth-order valence-corrected chi connectivity index (χ4v) is 3.18. The highest BCUT2D eigenvalue weighted by molar-refractivity contribution is 7.80. The van der Waals surface area contributed by atoms with Crippen LogP contribution in [0.5, 0.6) is 5.75 Å². The van der Waals surface area contributed by atoms with Crippen LogP contribution in [0.3, 0.4) is 0 Å². The minimum absolute atomic E-state index is 0.0497. The molecule has 3 rings (SSSR count). The van der Waals surface area contributed by atoms with Crippen LogP contribution in [-0.4, -0.2) is 17.6 Å². The molecule has 0 atom stereocenters. The van der Waals surface area contributed by atoms with E-state index < -0.39 is 17.6 Å². The van der Waals surface area contributed by atoms with Gasteiger partial charge in [0.1, 0.15) is 11.5 Å². The summed E-state index contributed by atoms with van der Waals surface area (Å²) in [4.78, 5) is 12.4. The van der Waals surface area contributed by atoms with Crippen molar-refractivity contribution in [1.29, 1.82) is 0 Å². The van der Waals surface area contributed by atoms with Crippen molar-refractivity contribution in [2.24, 2.45) is 0 Å². The van der Waals surface area contributed by atoms with Crippen LogP contribution in [0, 0.1) is 0 Å². The van der Waals surface area contributed by atoms with Gasteiger partial charge in [-0.2, -0.15) is 13.2 Å². The summed E-state index contributed by atoms with van der Waals surface area (Å²) in [6.07, 6.45) is -1.24. The Hall–Kier alpha value is -3.33. The van der Waals surface area contributed by atoms with E-state index in [1.165, 1.54) is 24.3 Å². The summed E-state index contributed by atoms with van der Waals surface area (Å²) in [5.74, 6) is 0.174. The summed E-state index contributed by atoms with van der Waals surface area (Å²) in [6.45, 7) is 2.78. The zero-order valence-corrected chi connectivity index (χ0v) is 18.7. The van der Waals surface area contributed by atoms with Crippen LogP contribution in [0.1, 0.15) is 42.3 Å². The van der Waals surface area contributed by atoms with Gasteiger partial charge >= 0.3 is 6.18 Å². The second kappa shape index (κ2) is 11.0. The number of anilines is 1. The molecule has 0 unspecified atom stereocenters. The molecule has 0 spiro atoms. The highest BCUT2D eigenvalue weighted by atomic mass is 32.1. The molecule has 1 amide bonds. The van der Waals surface area contributed by atoms with Crippen molar-refractivity contribution in [2.75, 3.05) is 11.9 Å². The van der Waals surface area contributed by atoms with Gasteiger partial charge in [-0.3, -0.25) is 10.1 Å². The minimum Gasteiger partial charge on any atom is -0.494 e. The molecule has 33 heavy (non-hydrogen) atoms. The molecule has 0 aliphatic rings. The van der Waals surface area contributed by atoms with Crippen LogP contribution >= 0.6 is 12.2 Å². The number of amides is 1. The zero-order valence-electron chi connectivity index (χ0n) is 17.9. The summed E-state index contributed by atoms with van der Waals surface area (Å²) < 4.78 is 49.9. The molecule has 0 aliphatic carbocycles. The first-order valence-electron chi connectivity index (χ1n) is 10.4. The molecule has 0 bridgehead atoms. The van der Waals surface area contributed by atoms with E-state index in [0.717, 1.165) is 37.1 Å². The molecule has 1 aromatic heterocycles. The van der Waals surface area contributed by atoms with Crippen molar-refractivity contribution >= 4 is 28.9 Å². The smallest absolute Gasteiger partial charge is 0.416 e. The predicted molar refractivity (Wildman–Crippen MR) is 124 cm³/mol. The normalized spacial score (nSPS) is 11.2. The monoisotopic (exact) mass is 476 g/mol. The number of nitrogens with one attached hydrogen (secondary N) is 2. The van der Waals surface area contributed by atoms with Crippen LogP contribution < -0.4 is 15.4 Å². The molecule has 0 aliphatic heterocycles. The lowest BCUT2D eigenvalue weighted by molar-refractivity contribution is -0.137. The lowest BCUT2D eigenvalue weighted by atomic mass is 10.1. The average molecular weight is 477 g/mol. The van der Waals surface area contributed by atoms with E-state index in [9.17, 15) is 18.0 Å². The molecule has 0 fully saturated rings. The molecular formula is C24H23F3N2O3S. The third-order valence-electron chi connectivity index (χ3n) is 4.66. The van der Waals surface area contributed by atoms with Gasteiger partial charge in [-0.15, -0.1) is 0 Å². The van der Waals surface area contributed by atoms with Crippen molar-refractivity contribution in [3.63, 3.8) is 0 Å². The molecule has 2 aromatic carbocycles. The standard InChI is InChI=1S/C24H23F3N2O3S/c1-2-3-4-14-31-19-10-8-18(9-11-19)28-23(33)29-22(30)21-13-12-20(32-21)16-6-5-7-17(15-16)24(25,26)27/h5-13,15H,2-4,14H2,1H3,(H2,28,29,30,33). The van der Waals surface area contributed by atoms with Gasteiger partial charge in [0.2, 0.25) is 0 Å². The Balaban J connectivity index is 1.55. The molecule has 5 nitrogen and oxygen atoms in total. The number of alkyl halides is 3. The van der Waals surface area contributed by atoms with Crippen molar-refractivity contribution < 1.29 is 27.1 Å². The Labute approximate surface area is 194 Å². The summed E-state index contributed by atoms with van der Waals surface area (Å²) in [7, 11) is 0. The molecule has 0 saturated heterocycles. The largest absolute Gasteiger partial charge is 0.494 e. The number of benzene rings is 2. The van der Waals surface area contributed by atoms with E-state index >= 15 is 0 Å². The number of ether oxygens (including phenoxy) is 1. The molecule has 3 aromatic rings. The second-order valence-corrected chi connectivity index (χ2v) is 7.64. The van der Waals surface area contributed by atoms with Crippen LogP contribution in [-0.2, 0) is 6.18 Å². The van der Waals surface area contributed by atoms with Gasteiger partial charge in [0.25, 0.3) is 5.91 Å². The molecule has 0 saturated carbocycles. The van der Waals surface area contributed by atoms with Gasteiger partial charge in [0.15, 0.2) is 10.9 Å². The zero-order chi connectivity index (χ0) is 23.8. The highest BCUT2D eigenvalue weighted by Crippen LogP contribution is 2.32. The maximum Gasteiger partial charge on any atom is 0.416 e. The molecule has 0 radical (unpaired) electrons. The van der Waals surface area contributed by atoms with Crippen LogP contribution in [0.2, 0.25) is 0 Å². The third-order valence-corrected chi connectivity index (χ3v) is 4.86. The maximum absolute atomic E-state index is 12.9. The summed E-state index contributed by atoms with van der Waals surface area (Å²) >= 11 is 5.16. The van der Waals surface area contributed by atoms with Crippen molar-refractivity contribution in [3.8, 4) is 17.1 Å². The van der Waals surface area contributed by atoms with E-state index in [1.54, 1.807) is 24.3 Å². The number of rotatable bonds is 8. The number of hydrogen-bond donors (Lipinski definition) is 2. The van der Waals surface area contributed by atoms with Crippen LogP contribution in [0.4, 0.5) is 18.9 Å². The van der Waals surface area contributed by atoms with Gasteiger partial charge in [-0.1, -0.05) is 31.9 Å². The van der Waals surface area contributed by atoms with E-state index in [2.05, 4.69) is 17.6 Å². The van der Waals surface area contributed by atoms with E-state index in [1.807, 2.05) is 0 Å². The van der Waals surface area contributed by atoms with Gasteiger partial charge in [0.05, 0.1) is 12.2 Å². The van der Waals surface area contributed by atoms with E-state index in [-0.39, 0.29) is 22.2 Å². The number of unbranched alkanes of at least 4 members (excludes halogenated alkanes) is 2. The first-order valence-corrected chi connectivity index (χ1v) is 10.8. The van der Waals surface area contributed by atoms with Crippen molar-refractivity contribution in [3.05, 3.63) is 72.0 Å². The summed E-state index contributed by atoms with van der Waals surface area (Å²) in [6, 6.07) is 14.6. The Morgan fingerprint density at radius 2 is 1.82 bits per heavy atom. The molecule has 174 valence electrons. The van der Waals surface area contributed by atoms with Gasteiger partial charge < -0.3 is 14.5 Å². The molecule has 1 heterocycles. The molecule has 2 N–H and O–H groups in total. The second-order valence-electron chi connectivity index (χ2n) is 7.23. The van der Waals surface area contributed by atoms with Crippen LogP contribution in [0.25, 0.3) is 11.3 Å². The Kier molecular flexibility index (Phi) is 8.11. The quantitative estimate of drug-likeness (QED) is 0.281. The van der Waals surface area contributed by atoms with E-state index in [0.29, 0.717) is 12.3 Å². The van der Waals surface area contributed by atoms with Gasteiger partial charge in [-0.05, 0) is 67.2 Å². The summed E-state index contributed by atoms with van der Waals surface area (Å²) in [5, 5.41) is 5.42. The first kappa shape index (κ1) is 24.3. The van der Waals surface area contributed by atoms with E-state index in [4.69, 9.17) is 21.4 Å². The first-order chi connectivity index (χ1) is 15.8. The highest BCUT2D eigenvalue weighted by Gasteiger charge is 2.30. The number of carbonyl (C=O) groups excluding carboxylic acids is 1. The summed E-state index contributed by atoms with van der Waals surface area (Å²) in [5.41, 5.74) is 0.0667. The number of thiocarbonyl (C=S) groups is 1. The van der Waals surface area contributed by atoms with Crippen LogP contribution in [0.15, 0.2) is 65.1 Å². The maximum atomic E-state index is 12.9. The average Bonchev–Trinajstić information content (AvgIpc) is 3.28. The number of furan rings is 1. The Morgan fingerprint density at radius 1 is 1.06 bits per heavy atom. The molecule has 9 heteroatoms. The SMILES string of the molecule is CCCCCOc1ccc(NC(=S)NC(=O)c2ccc(-c3cccc(C(F)(F)F)c3)o2)cc1. The molecular weight excluding hydrogens is 453 g/mol. The number of carbonyl (C=O) groups is 1. The Morgan fingerprint density at radius 3 is 2.52 bits per heavy atom. The predicted octanol–water partition coefficient (Wildman–Crippen LogP) is 6.66. The van der Waals surface area contributed by atoms with Gasteiger partial charge in [-0.25, -0.2) is 0 Å². The number of hydrogen-bond acceptors (Lipinski definition) is 4. The lowest BCUT2D eigenvalue weighted by Gasteiger charge is -2.10. The van der Waals surface area contributed by atoms with Crippen molar-refractivity contribution in [2.45, 2.75) is 32.4 Å². The fraction of sp³-hybridized carbons (Fsp3) is 0.250.